The molecule has 0 aliphatic heterocycles. The molecule has 0 spiro atoms. The normalized spacial score (nSPS) is 11.2. The number of pyridine rings is 4. The fourth-order valence-corrected chi connectivity index (χ4v) is 5.28. The van der Waals surface area contributed by atoms with E-state index in [1.54, 1.807) is 36.7 Å². The molecule has 0 saturated heterocycles. The molecule has 286 valence electrons. The third-order valence-corrected chi connectivity index (χ3v) is 8.17. The number of aryl methyl sites for hydroxylation is 3. The van der Waals surface area contributed by atoms with E-state index >= 15 is 0 Å². The van der Waals surface area contributed by atoms with Gasteiger partial charge in [-0.2, -0.15) is 13.2 Å². The topological polar surface area (TPSA) is 71.9 Å². The average Bonchev–Trinajstić information content (AvgIpc) is 3.20. The zero-order valence-corrected chi connectivity index (χ0v) is 32.3. The highest BCUT2D eigenvalue weighted by atomic mass is 19.4. The van der Waals surface area contributed by atoms with Gasteiger partial charge in [0.05, 0.1) is 22.6 Å². The van der Waals surface area contributed by atoms with Crippen LogP contribution in [0.25, 0.3) is 36.5 Å². The van der Waals surface area contributed by atoms with Gasteiger partial charge in [0.1, 0.15) is 0 Å². The fourth-order valence-electron chi connectivity index (χ4n) is 5.28. The first-order valence-electron chi connectivity index (χ1n) is 18.3. The van der Waals surface area contributed by atoms with Gasteiger partial charge >= 0.3 is 6.18 Å². The number of halogens is 3. The molecule has 0 bridgehead atoms. The third-order valence-electron chi connectivity index (χ3n) is 8.17. The second-order valence-electron chi connectivity index (χ2n) is 12.6. The molecule has 0 N–H and O–H groups in total. The van der Waals surface area contributed by atoms with Crippen molar-refractivity contribution >= 4 is 42.4 Å². The van der Waals surface area contributed by atoms with Gasteiger partial charge in [-0.05, 0) is 142 Å². The van der Waals surface area contributed by atoms with Crippen LogP contribution in [-0.4, -0.2) is 43.8 Å². The van der Waals surface area contributed by atoms with E-state index in [4.69, 9.17) is 0 Å². The van der Waals surface area contributed by atoms with Gasteiger partial charge in [-0.1, -0.05) is 60.7 Å². The van der Waals surface area contributed by atoms with E-state index in [1.807, 2.05) is 149 Å². The van der Waals surface area contributed by atoms with Gasteiger partial charge in [-0.15, -0.1) is 0 Å². The summed E-state index contributed by atoms with van der Waals surface area (Å²) in [5, 5.41) is 0. The molecule has 0 aliphatic carbocycles. The number of nitrogens with zero attached hydrogens (tertiary/aromatic N) is 5. The summed E-state index contributed by atoms with van der Waals surface area (Å²) >= 11 is 0. The Morgan fingerprint density at radius 3 is 1.43 bits per heavy atom. The molecule has 0 atom stereocenters. The smallest absolute Gasteiger partial charge is 0.339 e. The zero-order chi connectivity index (χ0) is 40.3. The van der Waals surface area contributed by atoms with E-state index < -0.39 is 11.7 Å². The minimum Gasteiger partial charge on any atom is -0.339 e. The SMILES string of the molecule is CCN(CC)C(=O)c1cccc(C=Cc2cccc(C)n2)c1.Cc1cccc(/C=C/c2ccncc2)n1.Cc1cccc(C=Cc2cccc(C(F)(F)F)c2)n1. The number of carbonyl (C=O) groups is 1. The van der Waals surface area contributed by atoms with Crippen LogP contribution in [0, 0.1) is 20.8 Å². The van der Waals surface area contributed by atoms with Crippen LogP contribution >= 0.6 is 0 Å². The molecule has 4 aromatic heterocycles. The molecule has 0 unspecified atom stereocenters. The van der Waals surface area contributed by atoms with Crippen molar-refractivity contribution in [2.24, 2.45) is 0 Å². The molecule has 6 aromatic rings. The van der Waals surface area contributed by atoms with E-state index in [1.165, 1.54) is 6.07 Å². The van der Waals surface area contributed by atoms with Gasteiger partial charge < -0.3 is 4.90 Å². The van der Waals surface area contributed by atoms with Crippen molar-refractivity contribution in [3.8, 4) is 0 Å². The monoisotopic (exact) mass is 753 g/mol. The van der Waals surface area contributed by atoms with Gasteiger partial charge in [0, 0.05) is 48.1 Å². The van der Waals surface area contributed by atoms with Crippen LogP contribution in [0.2, 0.25) is 0 Å². The van der Waals surface area contributed by atoms with Crippen LogP contribution in [0.1, 0.15) is 80.6 Å². The van der Waals surface area contributed by atoms with Crippen molar-refractivity contribution in [1.82, 2.24) is 24.8 Å². The van der Waals surface area contributed by atoms with Crippen LogP contribution in [0.5, 0.6) is 0 Å². The lowest BCUT2D eigenvalue weighted by Gasteiger charge is -2.18. The third kappa shape index (κ3) is 14.4. The first-order chi connectivity index (χ1) is 26.9. The molecule has 2 aromatic carbocycles. The predicted octanol–water partition coefficient (Wildman–Crippen LogP) is 11.6. The van der Waals surface area contributed by atoms with Crippen molar-refractivity contribution in [2.75, 3.05) is 13.1 Å². The summed E-state index contributed by atoms with van der Waals surface area (Å²) in [7, 11) is 0. The highest BCUT2D eigenvalue weighted by molar-refractivity contribution is 5.95. The zero-order valence-electron chi connectivity index (χ0n) is 32.3. The Labute approximate surface area is 327 Å². The second-order valence-corrected chi connectivity index (χ2v) is 12.6. The Hall–Kier alpha value is -6.48. The number of aromatic nitrogens is 4. The quantitative estimate of drug-likeness (QED) is 0.147. The van der Waals surface area contributed by atoms with Gasteiger partial charge in [0.25, 0.3) is 5.91 Å². The molecular weight excluding hydrogens is 708 g/mol. The maximum Gasteiger partial charge on any atom is 0.416 e. The highest BCUT2D eigenvalue weighted by Crippen LogP contribution is 2.30. The van der Waals surface area contributed by atoms with Crippen molar-refractivity contribution < 1.29 is 18.0 Å². The first kappa shape index (κ1) is 42.3. The van der Waals surface area contributed by atoms with E-state index in [0.29, 0.717) is 5.56 Å². The molecule has 9 heteroatoms. The molecule has 6 nitrogen and oxygen atoms in total. The summed E-state index contributed by atoms with van der Waals surface area (Å²) in [5.74, 6) is 0.0777. The van der Waals surface area contributed by atoms with Crippen molar-refractivity contribution in [2.45, 2.75) is 40.8 Å². The number of hydrogen-bond acceptors (Lipinski definition) is 5. The van der Waals surface area contributed by atoms with E-state index in [0.717, 1.165) is 76.1 Å². The summed E-state index contributed by atoms with van der Waals surface area (Å²) in [6.07, 6.45) is 10.6. The van der Waals surface area contributed by atoms with E-state index in [-0.39, 0.29) is 5.91 Å². The Kier molecular flexibility index (Phi) is 16.2. The lowest BCUT2D eigenvalue weighted by Crippen LogP contribution is -2.30. The maximum atomic E-state index is 12.5. The summed E-state index contributed by atoms with van der Waals surface area (Å²) < 4.78 is 37.6. The minimum atomic E-state index is -4.31. The Balaban J connectivity index is 0.000000190. The molecule has 1 amide bonds. The van der Waals surface area contributed by atoms with E-state index in [2.05, 4.69) is 19.9 Å². The predicted molar refractivity (Wildman–Crippen MR) is 223 cm³/mol. The molecule has 4 heterocycles. The minimum absolute atomic E-state index is 0.0777. The number of alkyl halides is 3. The lowest BCUT2D eigenvalue weighted by atomic mass is 10.1. The van der Waals surface area contributed by atoms with Crippen molar-refractivity contribution in [3.63, 3.8) is 0 Å². The second kappa shape index (κ2) is 21.4. The first-order valence-corrected chi connectivity index (χ1v) is 18.3. The van der Waals surface area contributed by atoms with Crippen LogP contribution in [0.3, 0.4) is 0 Å². The number of carbonyl (C=O) groups excluding carboxylic acids is 1. The van der Waals surface area contributed by atoms with Gasteiger partial charge in [-0.3, -0.25) is 24.7 Å². The number of hydrogen-bond donors (Lipinski definition) is 0. The molecule has 56 heavy (non-hydrogen) atoms. The summed E-state index contributed by atoms with van der Waals surface area (Å²) in [6.45, 7) is 11.3. The molecule has 0 saturated carbocycles. The average molecular weight is 754 g/mol. The Morgan fingerprint density at radius 2 is 0.982 bits per heavy atom. The van der Waals surface area contributed by atoms with Gasteiger partial charge in [0.2, 0.25) is 0 Å². The highest BCUT2D eigenvalue weighted by Gasteiger charge is 2.30. The number of amides is 1. The Morgan fingerprint density at radius 1 is 0.554 bits per heavy atom. The molecule has 0 radical (unpaired) electrons. The van der Waals surface area contributed by atoms with Crippen LogP contribution in [0.15, 0.2) is 128 Å². The van der Waals surface area contributed by atoms with E-state index in [9.17, 15) is 18.0 Å². The Bertz CT molecular complexity index is 2240. The summed E-state index contributed by atoms with van der Waals surface area (Å²) in [5.41, 5.74) is 8.22. The van der Waals surface area contributed by atoms with Crippen LogP contribution in [0.4, 0.5) is 13.2 Å². The molecule has 6 rings (SSSR count). The summed E-state index contributed by atoms with van der Waals surface area (Å²) in [4.78, 5) is 31.2. The lowest BCUT2D eigenvalue weighted by molar-refractivity contribution is -0.137. The molecule has 0 aliphatic rings. The van der Waals surface area contributed by atoms with Gasteiger partial charge in [-0.25, -0.2) is 0 Å². The van der Waals surface area contributed by atoms with Crippen molar-refractivity contribution in [1.29, 1.82) is 0 Å². The standard InChI is InChI=1S/C19H22N2O.C15H12F3N.C13H12N2/c1-4-21(5-2)19(22)17-10-7-9-16(14-17)12-13-18-11-6-8-15(3)20-18;1-11-4-2-7-14(19-11)9-8-12-5-3-6-13(10-12)15(16,17)18;1-11-3-2-4-13(15-11)6-5-12-7-9-14-10-8-12/h6-14H,4-5H2,1-3H3;2-10H,1H3;2-10H,1H3/b;;6-5+. The van der Waals surface area contributed by atoms with Crippen LogP contribution in [-0.2, 0) is 6.18 Å². The fraction of sp³-hybridized carbons (Fsp3) is 0.170. The number of rotatable bonds is 9. The summed E-state index contributed by atoms with van der Waals surface area (Å²) in [6, 6.07) is 34.3. The van der Waals surface area contributed by atoms with Crippen LogP contribution < -0.4 is 0 Å². The maximum absolute atomic E-state index is 12.5. The largest absolute Gasteiger partial charge is 0.416 e. The van der Waals surface area contributed by atoms with Crippen molar-refractivity contribution in [3.05, 3.63) is 190 Å². The molecule has 0 fully saturated rings. The van der Waals surface area contributed by atoms with Gasteiger partial charge in [0.15, 0.2) is 0 Å². The number of benzene rings is 2. The molecular formula is C47H46F3N5O.